The van der Waals surface area contributed by atoms with Crippen LogP contribution in [0.5, 0.6) is 0 Å². The first-order valence-electron chi connectivity index (χ1n) is 9.92. The SMILES string of the molecule is CC(C)(c1ccc(CCC2CC2)cc1)c1ccc(CCC2CO2)cc1. The quantitative estimate of drug-likeness (QED) is 0.565. The predicted octanol–water partition coefficient (Wildman–Crippen LogP) is 5.69. The summed E-state index contributed by atoms with van der Waals surface area (Å²) in [6.07, 6.45) is 8.32. The molecule has 1 aliphatic heterocycles. The first-order valence-corrected chi connectivity index (χ1v) is 9.92. The van der Waals surface area contributed by atoms with Crippen LogP contribution in [0.2, 0.25) is 0 Å². The smallest absolute Gasteiger partial charge is 0.0813 e. The second kappa shape index (κ2) is 6.96. The molecule has 0 amide bonds. The molecule has 1 nitrogen and oxygen atoms in total. The highest BCUT2D eigenvalue weighted by atomic mass is 16.6. The molecule has 1 atom stereocenters. The van der Waals surface area contributed by atoms with E-state index in [-0.39, 0.29) is 5.41 Å². The van der Waals surface area contributed by atoms with Crippen molar-refractivity contribution >= 4 is 0 Å². The molecule has 1 saturated carbocycles. The summed E-state index contributed by atoms with van der Waals surface area (Å²) in [7, 11) is 0. The van der Waals surface area contributed by atoms with E-state index < -0.39 is 0 Å². The minimum absolute atomic E-state index is 0.0488. The van der Waals surface area contributed by atoms with Crippen molar-refractivity contribution in [2.45, 2.75) is 63.9 Å². The molecule has 4 rings (SSSR count). The van der Waals surface area contributed by atoms with E-state index in [1.807, 2.05) is 0 Å². The monoisotopic (exact) mass is 334 g/mol. The van der Waals surface area contributed by atoms with Crippen LogP contribution in [0.1, 0.15) is 61.8 Å². The van der Waals surface area contributed by atoms with Crippen LogP contribution in [0, 0.1) is 5.92 Å². The highest BCUT2D eigenvalue weighted by Crippen LogP contribution is 2.35. The van der Waals surface area contributed by atoms with E-state index >= 15 is 0 Å². The first kappa shape index (κ1) is 16.8. The largest absolute Gasteiger partial charge is 0.373 e. The lowest BCUT2D eigenvalue weighted by atomic mass is 9.77. The summed E-state index contributed by atoms with van der Waals surface area (Å²) in [6.45, 7) is 5.63. The van der Waals surface area contributed by atoms with Gasteiger partial charge in [0.05, 0.1) is 12.7 Å². The maximum absolute atomic E-state index is 5.31. The van der Waals surface area contributed by atoms with Crippen LogP contribution >= 0.6 is 0 Å². The molecule has 0 bridgehead atoms. The van der Waals surface area contributed by atoms with Gasteiger partial charge in [-0.1, -0.05) is 75.2 Å². The summed E-state index contributed by atoms with van der Waals surface area (Å²) >= 11 is 0. The van der Waals surface area contributed by atoms with Gasteiger partial charge in [-0.05, 0) is 53.9 Å². The van der Waals surface area contributed by atoms with Crippen molar-refractivity contribution in [1.29, 1.82) is 0 Å². The Labute approximate surface area is 152 Å². The molecule has 0 radical (unpaired) electrons. The summed E-state index contributed by atoms with van der Waals surface area (Å²) in [4.78, 5) is 0. The van der Waals surface area contributed by atoms with E-state index in [9.17, 15) is 0 Å². The van der Waals surface area contributed by atoms with Crippen LogP contribution in [0.3, 0.4) is 0 Å². The van der Waals surface area contributed by atoms with E-state index in [1.54, 1.807) is 0 Å². The number of aryl methyl sites for hydroxylation is 2. The van der Waals surface area contributed by atoms with Gasteiger partial charge >= 0.3 is 0 Å². The zero-order valence-electron chi connectivity index (χ0n) is 15.6. The van der Waals surface area contributed by atoms with Crippen molar-refractivity contribution in [3.8, 4) is 0 Å². The normalized spacial score (nSPS) is 19.8. The summed E-state index contributed by atoms with van der Waals surface area (Å²) in [5.74, 6) is 1.01. The van der Waals surface area contributed by atoms with Crippen molar-refractivity contribution in [1.82, 2.24) is 0 Å². The summed E-state index contributed by atoms with van der Waals surface area (Å²) < 4.78 is 5.31. The molecule has 2 aromatic rings. The summed E-state index contributed by atoms with van der Waals surface area (Å²) in [5.41, 5.74) is 5.76. The van der Waals surface area contributed by atoms with Crippen LogP contribution in [0.25, 0.3) is 0 Å². The number of hydrogen-bond acceptors (Lipinski definition) is 1. The maximum atomic E-state index is 5.31. The molecule has 1 heteroatoms. The van der Waals surface area contributed by atoms with Crippen LogP contribution in [0.15, 0.2) is 48.5 Å². The number of epoxide rings is 1. The third-order valence-corrected chi connectivity index (χ3v) is 6.05. The second-order valence-electron chi connectivity index (χ2n) is 8.49. The predicted molar refractivity (Wildman–Crippen MR) is 104 cm³/mol. The average Bonchev–Trinajstić information content (AvgIpc) is 3.54. The number of ether oxygens (including phenoxy) is 1. The number of benzene rings is 2. The first-order chi connectivity index (χ1) is 12.1. The fourth-order valence-corrected chi connectivity index (χ4v) is 3.68. The standard InChI is InChI=1S/C24H30O/c1-24(2,21-12-7-19(8-13-21)6-5-18-3-4-18)22-14-9-20(10-15-22)11-16-23-17-25-23/h7-10,12-15,18,23H,3-6,11,16-17H2,1-2H3. The van der Waals surface area contributed by atoms with Crippen LogP contribution in [-0.2, 0) is 23.0 Å². The Kier molecular flexibility index (Phi) is 4.69. The third-order valence-electron chi connectivity index (χ3n) is 6.05. The molecule has 2 aliphatic rings. The van der Waals surface area contributed by atoms with Gasteiger partial charge in [0.25, 0.3) is 0 Å². The van der Waals surface area contributed by atoms with Gasteiger partial charge in [0.2, 0.25) is 0 Å². The lowest BCUT2D eigenvalue weighted by Crippen LogP contribution is -2.18. The molecule has 1 saturated heterocycles. The Hall–Kier alpha value is -1.60. The van der Waals surface area contributed by atoms with Gasteiger partial charge < -0.3 is 4.74 Å². The Bertz CT molecular complexity index is 626. The number of rotatable bonds is 8. The minimum atomic E-state index is 0.0488. The Morgan fingerprint density at radius 2 is 1.28 bits per heavy atom. The van der Waals surface area contributed by atoms with E-state index in [0.29, 0.717) is 6.10 Å². The molecule has 1 heterocycles. The molecule has 25 heavy (non-hydrogen) atoms. The van der Waals surface area contributed by atoms with Crippen molar-refractivity contribution in [3.05, 3.63) is 70.8 Å². The highest BCUT2D eigenvalue weighted by Gasteiger charge is 2.24. The zero-order valence-corrected chi connectivity index (χ0v) is 15.6. The summed E-state index contributed by atoms with van der Waals surface area (Å²) in [5, 5.41) is 0. The van der Waals surface area contributed by atoms with E-state index in [2.05, 4.69) is 62.4 Å². The van der Waals surface area contributed by atoms with Crippen LogP contribution < -0.4 is 0 Å². The number of hydrogen-bond donors (Lipinski definition) is 0. The molecule has 132 valence electrons. The van der Waals surface area contributed by atoms with Crippen molar-refractivity contribution in [2.24, 2.45) is 5.92 Å². The van der Waals surface area contributed by atoms with Crippen LogP contribution in [-0.4, -0.2) is 12.7 Å². The average molecular weight is 335 g/mol. The van der Waals surface area contributed by atoms with Gasteiger partial charge in [0.1, 0.15) is 0 Å². The van der Waals surface area contributed by atoms with Gasteiger partial charge in [0, 0.05) is 5.41 Å². The minimum Gasteiger partial charge on any atom is -0.373 e. The lowest BCUT2D eigenvalue weighted by Gasteiger charge is -2.26. The third kappa shape index (κ3) is 4.33. The van der Waals surface area contributed by atoms with Gasteiger partial charge in [-0.25, -0.2) is 0 Å². The fraction of sp³-hybridized carbons (Fsp3) is 0.500. The molecule has 2 fully saturated rings. The molecule has 0 aromatic heterocycles. The lowest BCUT2D eigenvalue weighted by molar-refractivity contribution is 0.397. The van der Waals surface area contributed by atoms with Crippen molar-refractivity contribution in [2.75, 3.05) is 6.61 Å². The van der Waals surface area contributed by atoms with Gasteiger partial charge in [-0.2, -0.15) is 0 Å². The van der Waals surface area contributed by atoms with E-state index in [4.69, 9.17) is 4.74 Å². The Balaban J connectivity index is 1.41. The fourth-order valence-electron chi connectivity index (χ4n) is 3.68. The van der Waals surface area contributed by atoms with E-state index in [0.717, 1.165) is 25.4 Å². The highest BCUT2D eigenvalue weighted by molar-refractivity contribution is 5.39. The van der Waals surface area contributed by atoms with Crippen molar-refractivity contribution < 1.29 is 4.74 Å². The molecular formula is C24H30O. The molecule has 2 aromatic carbocycles. The summed E-state index contributed by atoms with van der Waals surface area (Å²) in [6, 6.07) is 18.6. The molecule has 1 aliphatic carbocycles. The van der Waals surface area contributed by atoms with Gasteiger partial charge in [0.15, 0.2) is 0 Å². The zero-order chi connectivity index (χ0) is 17.3. The second-order valence-corrected chi connectivity index (χ2v) is 8.49. The van der Waals surface area contributed by atoms with Gasteiger partial charge in [-0.3, -0.25) is 0 Å². The Morgan fingerprint density at radius 1 is 0.800 bits per heavy atom. The molecular weight excluding hydrogens is 304 g/mol. The topological polar surface area (TPSA) is 12.5 Å². The Morgan fingerprint density at radius 3 is 1.72 bits per heavy atom. The van der Waals surface area contributed by atoms with Gasteiger partial charge in [-0.15, -0.1) is 0 Å². The van der Waals surface area contributed by atoms with Crippen molar-refractivity contribution in [3.63, 3.8) is 0 Å². The maximum Gasteiger partial charge on any atom is 0.0813 e. The molecule has 0 spiro atoms. The molecule has 1 unspecified atom stereocenters. The van der Waals surface area contributed by atoms with Crippen LogP contribution in [0.4, 0.5) is 0 Å². The van der Waals surface area contributed by atoms with E-state index in [1.165, 1.54) is 47.9 Å². The molecule has 0 N–H and O–H groups in total.